The first-order valence-corrected chi connectivity index (χ1v) is 8.31. The average molecular weight is 282 g/mol. The molecule has 0 saturated carbocycles. The molecule has 0 amide bonds. The molecule has 1 saturated heterocycles. The fourth-order valence-electron chi connectivity index (χ4n) is 2.48. The van der Waals surface area contributed by atoms with Crippen molar-refractivity contribution in [2.45, 2.75) is 31.1 Å². The summed E-state index contributed by atoms with van der Waals surface area (Å²) in [6, 6.07) is 7.19. The summed E-state index contributed by atoms with van der Waals surface area (Å²) in [4.78, 5) is 0.391. The van der Waals surface area contributed by atoms with Gasteiger partial charge in [-0.2, -0.15) is 4.31 Å². The molecular formula is C14H22N2O2S. The van der Waals surface area contributed by atoms with Gasteiger partial charge in [0, 0.05) is 13.1 Å². The van der Waals surface area contributed by atoms with Gasteiger partial charge in [-0.15, -0.1) is 0 Å². The van der Waals surface area contributed by atoms with E-state index in [4.69, 9.17) is 5.73 Å². The summed E-state index contributed by atoms with van der Waals surface area (Å²) in [7, 11) is -3.35. The predicted molar refractivity (Wildman–Crippen MR) is 76.4 cm³/mol. The molecule has 1 aromatic carbocycles. The van der Waals surface area contributed by atoms with Crippen LogP contribution in [-0.2, 0) is 16.4 Å². The van der Waals surface area contributed by atoms with E-state index in [0.29, 0.717) is 30.4 Å². The third-order valence-corrected chi connectivity index (χ3v) is 5.66. The summed E-state index contributed by atoms with van der Waals surface area (Å²) < 4.78 is 26.6. The van der Waals surface area contributed by atoms with E-state index < -0.39 is 10.0 Å². The van der Waals surface area contributed by atoms with E-state index in [0.717, 1.165) is 24.8 Å². The highest BCUT2D eigenvalue weighted by molar-refractivity contribution is 7.89. The number of aryl methyl sites for hydroxylation is 1. The lowest BCUT2D eigenvalue weighted by Crippen LogP contribution is -2.41. The summed E-state index contributed by atoms with van der Waals surface area (Å²) in [6.07, 6.45) is 2.84. The lowest BCUT2D eigenvalue weighted by Gasteiger charge is -2.31. The lowest BCUT2D eigenvalue weighted by molar-refractivity contribution is 0.271. The molecule has 5 heteroatoms. The lowest BCUT2D eigenvalue weighted by atomic mass is 10.0. The van der Waals surface area contributed by atoms with Crippen molar-refractivity contribution in [1.82, 2.24) is 4.31 Å². The van der Waals surface area contributed by atoms with Crippen molar-refractivity contribution in [3.05, 3.63) is 29.8 Å². The van der Waals surface area contributed by atoms with Crippen molar-refractivity contribution in [2.24, 2.45) is 11.7 Å². The van der Waals surface area contributed by atoms with Crippen LogP contribution in [0.2, 0.25) is 0 Å². The van der Waals surface area contributed by atoms with Crippen LogP contribution < -0.4 is 5.73 Å². The smallest absolute Gasteiger partial charge is 0.243 e. The maximum absolute atomic E-state index is 12.5. The Morgan fingerprint density at radius 1 is 1.32 bits per heavy atom. The van der Waals surface area contributed by atoms with Gasteiger partial charge in [-0.05, 0) is 49.4 Å². The maximum atomic E-state index is 12.5. The zero-order valence-corrected chi connectivity index (χ0v) is 12.2. The molecule has 1 atom stereocenters. The number of rotatable bonds is 4. The molecule has 19 heavy (non-hydrogen) atoms. The van der Waals surface area contributed by atoms with E-state index in [9.17, 15) is 8.42 Å². The van der Waals surface area contributed by atoms with Crippen molar-refractivity contribution >= 4 is 10.0 Å². The Kier molecular flexibility index (Phi) is 4.60. The Morgan fingerprint density at radius 3 is 2.58 bits per heavy atom. The molecule has 0 aromatic heterocycles. The van der Waals surface area contributed by atoms with Crippen LogP contribution in [0.15, 0.2) is 29.2 Å². The van der Waals surface area contributed by atoms with Crippen LogP contribution in [0.5, 0.6) is 0 Å². The highest BCUT2D eigenvalue weighted by Gasteiger charge is 2.29. The molecule has 106 valence electrons. The van der Waals surface area contributed by atoms with Gasteiger partial charge in [-0.3, -0.25) is 0 Å². The highest BCUT2D eigenvalue weighted by Crippen LogP contribution is 2.23. The van der Waals surface area contributed by atoms with E-state index in [1.165, 1.54) is 0 Å². The van der Waals surface area contributed by atoms with Crippen molar-refractivity contribution in [3.8, 4) is 0 Å². The minimum Gasteiger partial charge on any atom is -0.330 e. The monoisotopic (exact) mass is 282 g/mol. The van der Waals surface area contributed by atoms with Gasteiger partial charge in [0.1, 0.15) is 0 Å². The topological polar surface area (TPSA) is 63.4 Å². The number of hydrogen-bond donors (Lipinski definition) is 1. The molecule has 1 heterocycles. The Labute approximate surface area is 115 Å². The van der Waals surface area contributed by atoms with Gasteiger partial charge in [0.15, 0.2) is 0 Å². The maximum Gasteiger partial charge on any atom is 0.243 e. The van der Waals surface area contributed by atoms with Crippen LogP contribution in [-0.4, -0.2) is 32.4 Å². The average Bonchev–Trinajstić information content (AvgIpc) is 2.47. The Bertz CT molecular complexity index is 511. The quantitative estimate of drug-likeness (QED) is 0.912. The Morgan fingerprint density at radius 2 is 2.00 bits per heavy atom. The third-order valence-electron chi connectivity index (χ3n) is 3.78. The van der Waals surface area contributed by atoms with Gasteiger partial charge in [-0.1, -0.05) is 19.1 Å². The van der Waals surface area contributed by atoms with Gasteiger partial charge >= 0.3 is 0 Å². The molecule has 1 aliphatic heterocycles. The fourth-order valence-corrected chi connectivity index (χ4v) is 4.04. The van der Waals surface area contributed by atoms with Crippen LogP contribution in [0.4, 0.5) is 0 Å². The van der Waals surface area contributed by atoms with E-state index in [2.05, 4.69) is 6.92 Å². The Balaban J connectivity index is 2.20. The van der Waals surface area contributed by atoms with Crippen LogP contribution in [0.3, 0.4) is 0 Å². The van der Waals surface area contributed by atoms with E-state index in [1.807, 2.05) is 12.1 Å². The molecule has 1 aliphatic rings. The number of nitrogens with two attached hydrogens (primary N) is 1. The van der Waals surface area contributed by atoms with Crippen LogP contribution in [0.1, 0.15) is 25.3 Å². The summed E-state index contributed by atoms with van der Waals surface area (Å²) in [6.45, 7) is 3.77. The van der Waals surface area contributed by atoms with E-state index in [-0.39, 0.29) is 0 Å². The third kappa shape index (κ3) is 3.16. The van der Waals surface area contributed by atoms with Gasteiger partial charge in [0.05, 0.1) is 4.90 Å². The van der Waals surface area contributed by atoms with Crippen molar-refractivity contribution < 1.29 is 8.42 Å². The molecule has 0 aliphatic carbocycles. The molecule has 2 N–H and O–H groups in total. The minimum absolute atomic E-state index is 0.290. The van der Waals surface area contributed by atoms with Crippen molar-refractivity contribution in [2.75, 3.05) is 19.6 Å². The molecule has 1 unspecified atom stereocenters. The molecule has 2 rings (SSSR count). The summed E-state index contributed by atoms with van der Waals surface area (Å²) in [5.74, 6) is 0.290. The summed E-state index contributed by atoms with van der Waals surface area (Å²) in [5, 5.41) is 0. The van der Waals surface area contributed by atoms with Crippen LogP contribution >= 0.6 is 0 Å². The number of hydrogen-bond acceptors (Lipinski definition) is 3. The first-order valence-electron chi connectivity index (χ1n) is 6.87. The van der Waals surface area contributed by atoms with E-state index in [1.54, 1.807) is 16.4 Å². The minimum atomic E-state index is -3.35. The van der Waals surface area contributed by atoms with Gasteiger partial charge in [0.2, 0.25) is 10.0 Å². The van der Waals surface area contributed by atoms with Gasteiger partial charge in [-0.25, -0.2) is 8.42 Å². The van der Waals surface area contributed by atoms with E-state index >= 15 is 0 Å². The van der Waals surface area contributed by atoms with Crippen LogP contribution in [0.25, 0.3) is 0 Å². The normalized spacial score (nSPS) is 21.5. The zero-order valence-electron chi connectivity index (χ0n) is 11.4. The summed E-state index contributed by atoms with van der Waals surface area (Å²) >= 11 is 0. The number of piperidine rings is 1. The fraction of sp³-hybridized carbons (Fsp3) is 0.571. The number of nitrogens with zero attached hydrogens (tertiary/aromatic N) is 1. The summed E-state index contributed by atoms with van der Waals surface area (Å²) in [5.41, 5.74) is 6.81. The standard InChI is InChI=1S/C14H22N2O2S/c1-2-12-5-7-14(8-6-12)19(17,18)16-9-3-4-13(10-15)11-16/h5-8,13H,2-4,9-11,15H2,1H3. The largest absolute Gasteiger partial charge is 0.330 e. The van der Waals surface area contributed by atoms with Gasteiger partial charge in [0.25, 0.3) is 0 Å². The van der Waals surface area contributed by atoms with Crippen molar-refractivity contribution in [1.29, 1.82) is 0 Å². The second kappa shape index (κ2) is 6.03. The first kappa shape index (κ1) is 14.5. The molecule has 0 bridgehead atoms. The van der Waals surface area contributed by atoms with Crippen molar-refractivity contribution in [3.63, 3.8) is 0 Å². The number of benzene rings is 1. The second-order valence-corrected chi connectivity index (χ2v) is 7.04. The molecule has 1 aromatic rings. The molecule has 0 spiro atoms. The van der Waals surface area contributed by atoms with Crippen LogP contribution in [0, 0.1) is 5.92 Å². The number of sulfonamides is 1. The highest BCUT2D eigenvalue weighted by atomic mass is 32.2. The molecule has 0 radical (unpaired) electrons. The van der Waals surface area contributed by atoms with Gasteiger partial charge < -0.3 is 5.73 Å². The molecular weight excluding hydrogens is 260 g/mol. The zero-order chi connectivity index (χ0) is 13.9. The molecule has 1 fully saturated rings. The SMILES string of the molecule is CCc1ccc(S(=O)(=O)N2CCCC(CN)C2)cc1. The Hall–Kier alpha value is -0.910. The second-order valence-electron chi connectivity index (χ2n) is 5.10. The molecule has 4 nitrogen and oxygen atoms in total. The predicted octanol–water partition coefficient (Wildman–Crippen LogP) is 1.61. The first-order chi connectivity index (χ1) is 9.07.